The quantitative estimate of drug-likeness (QED) is 0.675. The molecule has 0 amide bonds. The molecule has 3 aromatic rings. The van der Waals surface area contributed by atoms with Gasteiger partial charge < -0.3 is 9.84 Å². The van der Waals surface area contributed by atoms with Crippen LogP contribution in [0.15, 0.2) is 72.8 Å². The molecular formula is C20H15ClO3. The summed E-state index contributed by atoms with van der Waals surface area (Å²) in [5.74, 6) is -0.160. The van der Waals surface area contributed by atoms with Gasteiger partial charge in [-0.2, -0.15) is 0 Å². The van der Waals surface area contributed by atoms with Crippen LogP contribution in [-0.2, 0) is 11.3 Å². The molecule has 0 fully saturated rings. The Bertz CT molecular complexity index is 840. The Morgan fingerprint density at radius 3 is 2.17 bits per heavy atom. The van der Waals surface area contributed by atoms with Gasteiger partial charge in [0, 0.05) is 5.02 Å². The molecule has 0 saturated carbocycles. The number of hydrogen-bond acceptors (Lipinski definition) is 3. The Morgan fingerprint density at radius 1 is 0.917 bits per heavy atom. The standard InChI is InChI=1S/C20H15ClO3/c21-18-3-1-2-14(12-18)13-24-20(23)17-6-4-15(5-7-17)16-8-10-19(22)11-9-16/h1-12,22H,13H2. The zero-order valence-electron chi connectivity index (χ0n) is 12.8. The van der Waals surface area contributed by atoms with Crippen molar-refractivity contribution < 1.29 is 14.6 Å². The number of ether oxygens (including phenoxy) is 1. The van der Waals surface area contributed by atoms with E-state index in [1.54, 1.807) is 36.4 Å². The molecule has 0 saturated heterocycles. The van der Waals surface area contributed by atoms with Gasteiger partial charge in [-0.1, -0.05) is 48.0 Å². The van der Waals surface area contributed by atoms with E-state index in [4.69, 9.17) is 16.3 Å². The minimum atomic E-state index is -0.382. The second-order valence-corrected chi connectivity index (χ2v) is 5.77. The van der Waals surface area contributed by atoms with Crippen LogP contribution in [0.2, 0.25) is 5.02 Å². The first kappa shape index (κ1) is 16.1. The van der Waals surface area contributed by atoms with Gasteiger partial charge >= 0.3 is 5.97 Å². The van der Waals surface area contributed by atoms with Gasteiger partial charge in [-0.05, 0) is 53.1 Å². The van der Waals surface area contributed by atoms with Crippen molar-refractivity contribution >= 4 is 17.6 Å². The number of hydrogen-bond donors (Lipinski definition) is 1. The van der Waals surface area contributed by atoms with Crippen LogP contribution >= 0.6 is 11.6 Å². The maximum atomic E-state index is 12.1. The number of carbonyl (C=O) groups excluding carboxylic acids is 1. The monoisotopic (exact) mass is 338 g/mol. The average Bonchev–Trinajstić information content (AvgIpc) is 2.61. The maximum absolute atomic E-state index is 12.1. The summed E-state index contributed by atoms with van der Waals surface area (Å²) in [7, 11) is 0. The zero-order chi connectivity index (χ0) is 16.9. The molecule has 120 valence electrons. The Labute approximate surface area is 145 Å². The molecule has 24 heavy (non-hydrogen) atoms. The summed E-state index contributed by atoms with van der Waals surface area (Å²) in [6.07, 6.45) is 0. The molecule has 0 heterocycles. The first-order valence-electron chi connectivity index (χ1n) is 7.43. The molecule has 0 unspecified atom stereocenters. The molecule has 0 aliphatic heterocycles. The van der Waals surface area contributed by atoms with E-state index < -0.39 is 0 Å². The van der Waals surface area contributed by atoms with Crippen molar-refractivity contribution in [3.8, 4) is 16.9 Å². The Morgan fingerprint density at radius 2 is 1.54 bits per heavy atom. The highest BCUT2D eigenvalue weighted by Gasteiger charge is 2.08. The lowest BCUT2D eigenvalue weighted by molar-refractivity contribution is 0.0472. The average molecular weight is 339 g/mol. The molecule has 3 aromatic carbocycles. The second-order valence-electron chi connectivity index (χ2n) is 5.33. The minimum absolute atomic E-state index is 0.180. The number of rotatable bonds is 4. The van der Waals surface area contributed by atoms with E-state index in [1.165, 1.54) is 0 Å². The van der Waals surface area contributed by atoms with Crippen LogP contribution in [0.25, 0.3) is 11.1 Å². The number of phenols is 1. The van der Waals surface area contributed by atoms with Crippen molar-refractivity contribution in [3.05, 3.63) is 88.9 Å². The highest BCUT2D eigenvalue weighted by molar-refractivity contribution is 6.30. The Kier molecular flexibility index (Phi) is 4.82. The fourth-order valence-electron chi connectivity index (χ4n) is 2.31. The molecule has 0 aromatic heterocycles. The molecule has 0 radical (unpaired) electrons. The van der Waals surface area contributed by atoms with Gasteiger partial charge in [0.15, 0.2) is 0 Å². The smallest absolute Gasteiger partial charge is 0.338 e. The van der Waals surface area contributed by atoms with Crippen LogP contribution in [0.5, 0.6) is 5.75 Å². The van der Waals surface area contributed by atoms with Gasteiger partial charge in [-0.25, -0.2) is 4.79 Å². The van der Waals surface area contributed by atoms with Crippen LogP contribution < -0.4 is 0 Å². The predicted molar refractivity (Wildman–Crippen MR) is 94.1 cm³/mol. The molecule has 0 aliphatic rings. The maximum Gasteiger partial charge on any atom is 0.338 e. The van der Waals surface area contributed by atoms with Crippen molar-refractivity contribution in [2.45, 2.75) is 6.61 Å². The van der Waals surface area contributed by atoms with E-state index >= 15 is 0 Å². The summed E-state index contributed by atoms with van der Waals surface area (Å²) in [4.78, 5) is 12.1. The Hall–Kier alpha value is -2.78. The fourth-order valence-corrected chi connectivity index (χ4v) is 2.52. The number of benzene rings is 3. The minimum Gasteiger partial charge on any atom is -0.508 e. The molecule has 0 atom stereocenters. The predicted octanol–water partition coefficient (Wildman–Crippen LogP) is 5.07. The number of phenolic OH excluding ortho intramolecular Hbond substituents is 1. The Balaban J connectivity index is 1.66. The van der Waals surface area contributed by atoms with Gasteiger partial charge in [-0.15, -0.1) is 0 Å². The lowest BCUT2D eigenvalue weighted by Gasteiger charge is -2.07. The van der Waals surface area contributed by atoms with E-state index in [0.717, 1.165) is 16.7 Å². The topological polar surface area (TPSA) is 46.5 Å². The van der Waals surface area contributed by atoms with Gasteiger partial charge in [0.25, 0.3) is 0 Å². The molecule has 3 nitrogen and oxygen atoms in total. The van der Waals surface area contributed by atoms with Crippen molar-refractivity contribution in [2.75, 3.05) is 0 Å². The van der Waals surface area contributed by atoms with Crippen molar-refractivity contribution in [2.24, 2.45) is 0 Å². The number of esters is 1. The summed E-state index contributed by atoms with van der Waals surface area (Å²) in [6.45, 7) is 0.180. The lowest BCUT2D eigenvalue weighted by Crippen LogP contribution is -2.05. The van der Waals surface area contributed by atoms with Crippen molar-refractivity contribution in [3.63, 3.8) is 0 Å². The normalized spacial score (nSPS) is 10.4. The van der Waals surface area contributed by atoms with Crippen LogP contribution in [0, 0.1) is 0 Å². The van der Waals surface area contributed by atoms with E-state index in [9.17, 15) is 9.90 Å². The van der Waals surface area contributed by atoms with E-state index in [1.807, 2.05) is 36.4 Å². The summed E-state index contributed by atoms with van der Waals surface area (Å²) >= 11 is 5.91. The van der Waals surface area contributed by atoms with Gasteiger partial charge in [0.2, 0.25) is 0 Å². The number of halogens is 1. The molecule has 4 heteroatoms. The van der Waals surface area contributed by atoms with E-state index in [0.29, 0.717) is 10.6 Å². The summed E-state index contributed by atoms with van der Waals surface area (Å²) in [5.41, 5.74) is 3.25. The highest BCUT2D eigenvalue weighted by Crippen LogP contribution is 2.22. The third kappa shape index (κ3) is 3.94. The van der Waals surface area contributed by atoms with Gasteiger partial charge in [-0.3, -0.25) is 0 Å². The summed E-state index contributed by atoms with van der Waals surface area (Å²) in [6, 6.07) is 21.3. The molecule has 1 N–H and O–H groups in total. The van der Waals surface area contributed by atoms with Crippen LogP contribution in [0.3, 0.4) is 0 Å². The zero-order valence-corrected chi connectivity index (χ0v) is 13.5. The molecular weight excluding hydrogens is 324 g/mol. The lowest BCUT2D eigenvalue weighted by atomic mass is 10.0. The van der Waals surface area contributed by atoms with Crippen LogP contribution in [0.4, 0.5) is 0 Å². The first-order chi connectivity index (χ1) is 11.6. The van der Waals surface area contributed by atoms with Gasteiger partial charge in [0.1, 0.15) is 12.4 Å². The number of carbonyl (C=O) groups is 1. The highest BCUT2D eigenvalue weighted by atomic mass is 35.5. The van der Waals surface area contributed by atoms with Crippen LogP contribution in [-0.4, -0.2) is 11.1 Å². The third-order valence-corrected chi connectivity index (χ3v) is 3.82. The molecule has 0 aliphatic carbocycles. The number of aromatic hydroxyl groups is 1. The largest absolute Gasteiger partial charge is 0.508 e. The first-order valence-corrected chi connectivity index (χ1v) is 7.81. The van der Waals surface area contributed by atoms with E-state index in [-0.39, 0.29) is 18.3 Å². The molecule has 3 rings (SSSR count). The second kappa shape index (κ2) is 7.20. The molecule has 0 bridgehead atoms. The summed E-state index contributed by atoms with van der Waals surface area (Å²) < 4.78 is 5.30. The van der Waals surface area contributed by atoms with E-state index in [2.05, 4.69) is 0 Å². The van der Waals surface area contributed by atoms with Crippen LogP contribution in [0.1, 0.15) is 15.9 Å². The SMILES string of the molecule is O=C(OCc1cccc(Cl)c1)c1ccc(-c2ccc(O)cc2)cc1. The van der Waals surface area contributed by atoms with Gasteiger partial charge in [0.05, 0.1) is 5.56 Å². The summed E-state index contributed by atoms with van der Waals surface area (Å²) in [5, 5.41) is 9.93. The molecule has 0 spiro atoms. The fraction of sp³-hybridized carbons (Fsp3) is 0.0500. The third-order valence-electron chi connectivity index (χ3n) is 3.58. The van der Waals surface area contributed by atoms with Crippen molar-refractivity contribution in [1.29, 1.82) is 0 Å². The van der Waals surface area contributed by atoms with Crippen molar-refractivity contribution in [1.82, 2.24) is 0 Å².